The van der Waals surface area contributed by atoms with Crippen LogP contribution in [-0.4, -0.2) is 34.6 Å². The average Bonchev–Trinajstić information content (AvgIpc) is 2.65. The molecule has 0 radical (unpaired) electrons. The van der Waals surface area contributed by atoms with Crippen LogP contribution in [0.2, 0.25) is 0 Å². The van der Waals surface area contributed by atoms with Crippen molar-refractivity contribution in [2.45, 2.75) is 24.4 Å². The summed E-state index contributed by atoms with van der Waals surface area (Å²) in [6.07, 6.45) is 0. The lowest BCUT2D eigenvalue weighted by atomic mass is 10.2. The smallest absolute Gasteiger partial charge is 0.241 e. The predicted octanol–water partition coefficient (Wildman–Crippen LogP) is 1.69. The van der Waals surface area contributed by atoms with Crippen molar-refractivity contribution >= 4 is 15.9 Å². The molecular weight excluding hydrogens is 356 g/mol. The molecule has 1 amide bonds. The van der Waals surface area contributed by atoms with Crippen molar-refractivity contribution in [3.8, 4) is 11.5 Å². The number of ether oxygens (including phenoxy) is 2. The molecule has 2 N–H and O–H groups in total. The minimum absolute atomic E-state index is 0.0159. The van der Waals surface area contributed by atoms with Crippen LogP contribution in [0.5, 0.6) is 11.5 Å². The second-order valence-electron chi connectivity index (χ2n) is 5.56. The van der Waals surface area contributed by atoms with Gasteiger partial charge in [0.25, 0.3) is 0 Å². The van der Waals surface area contributed by atoms with E-state index in [1.54, 1.807) is 0 Å². The van der Waals surface area contributed by atoms with Gasteiger partial charge in [-0.1, -0.05) is 30.3 Å². The lowest BCUT2D eigenvalue weighted by Gasteiger charge is -2.15. The molecule has 0 aliphatic heterocycles. The molecule has 0 heterocycles. The molecule has 0 saturated heterocycles. The lowest BCUT2D eigenvalue weighted by molar-refractivity contribution is -0.122. The molecule has 8 heteroatoms. The third-order valence-electron chi connectivity index (χ3n) is 3.70. The first-order valence-electron chi connectivity index (χ1n) is 7.93. The molecule has 0 spiro atoms. The molecule has 0 bridgehead atoms. The number of methoxy groups -OCH3 is 2. The van der Waals surface area contributed by atoms with Crippen molar-refractivity contribution in [1.82, 2.24) is 10.0 Å². The zero-order valence-corrected chi connectivity index (χ0v) is 15.7. The Bertz CT molecular complexity index is 853. The molecule has 26 heavy (non-hydrogen) atoms. The minimum atomic E-state index is -3.89. The van der Waals surface area contributed by atoms with Gasteiger partial charge in [-0.3, -0.25) is 4.79 Å². The van der Waals surface area contributed by atoms with Gasteiger partial charge >= 0.3 is 0 Å². The number of carbonyl (C=O) groups excluding carboxylic acids is 1. The molecule has 2 aromatic rings. The summed E-state index contributed by atoms with van der Waals surface area (Å²) in [5.74, 6) is 0.287. The van der Waals surface area contributed by atoms with Crippen LogP contribution >= 0.6 is 0 Å². The Kier molecular flexibility index (Phi) is 6.59. The van der Waals surface area contributed by atoms with E-state index in [2.05, 4.69) is 10.0 Å². The lowest BCUT2D eigenvalue weighted by Crippen LogP contribution is -2.44. The van der Waals surface area contributed by atoms with Gasteiger partial charge in [0.1, 0.15) is 0 Å². The molecule has 0 aromatic heterocycles. The Balaban J connectivity index is 2.04. The number of rotatable bonds is 8. The van der Waals surface area contributed by atoms with E-state index in [1.165, 1.54) is 39.3 Å². The highest BCUT2D eigenvalue weighted by Crippen LogP contribution is 2.29. The fourth-order valence-electron chi connectivity index (χ4n) is 2.28. The van der Waals surface area contributed by atoms with Gasteiger partial charge in [0.15, 0.2) is 11.5 Å². The molecule has 140 valence electrons. The minimum Gasteiger partial charge on any atom is -0.493 e. The van der Waals surface area contributed by atoms with Gasteiger partial charge in [-0.2, -0.15) is 4.72 Å². The molecule has 1 atom stereocenters. The molecule has 7 nitrogen and oxygen atoms in total. The Labute approximate surface area is 153 Å². The summed E-state index contributed by atoms with van der Waals surface area (Å²) < 4.78 is 37.6. The van der Waals surface area contributed by atoms with Crippen molar-refractivity contribution in [3.63, 3.8) is 0 Å². The van der Waals surface area contributed by atoms with Crippen LogP contribution in [0, 0.1) is 0 Å². The van der Waals surface area contributed by atoms with Crippen molar-refractivity contribution in [3.05, 3.63) is 54.1 Å². The van der Waals surface area contributed by atoms with Crippen LogP contribution < -0.4 is 19.5 Å². The largest absolute Gasteiger partial charge is 0.493 e. The maximum absolute atomic E-state index is 12.5. The Morgan fingerprint density at radius 3 is 2.31 bits per heavy atom. The van der Waals surface area contributed by atoms with Crippen LogP contribution in [0.1, 0.15) is 12.5 Å². The number of carbonyl (C=O) groups is 1. The monoisotopic (exact) mass is 378 g/mol. The number of amides is 1. The fraction of sp³-hybridized carbons (Fsp3) is 0.278. The quantitative estimate of drug-likeness (QED) is 0.729. The zero-order valence-electron chi connectivity index (χ0n) is 14.9. The Hall–Kier alpha value is -2.58. The van der Waals surface area contributed by atoms with Crippen LogP contribution in [0.4, 0.5) is 0 Å². The van der Waals surface area contributed by atoms with Gasteiger partial charge in [-0.15, -0.1) is 0 Å². The van der Waals surface area contributed by atoms with Gasteiger partial charge in [-0.25, -0.2) is 8.42 Å². The van der Waals surface area contributed by atoms with E-state index >= 15 is 0 Å². The van der Waals surface area contributed by atoms with E-state index < -0.39 is 22.0 Å². The highest BCUT2D eigenvalue weighted by atomic mass is 32.2. The molecule has 2 rings (SSSR count). The molecule has 2 aromatic carbocycles. The van der Waals surface area contributed by atoms with E-state index in [0.29, 0.717) is 12.3 Å². The third-order valence-corrected chi connectivity index (χ3v) is 5.24. The maximum Gasteiger partial charge on any atom is 0.241 e. The average molecular weight is 378 g/mol. The standard InChI is InChI=1S/C18H22N2O5S/c1-13(18(21)19-12-14-7-5-4-6-8-14)20-26(22,23)15-9-10-16(24-2)17(11-15)25-3/h4-11,13,20H,12H2,1-3H3,(H,19,21)/t13-/m1/s1. The van der Waals surface area contributed by atoms with Gasteiger partial charge in [-0.05, 0) is 24.6 Å². The van der Waals surface area contributed by atoms with Crippen molar-refractivity contribution < 1.29 is 22.7 Å². The SMILES string of the molecule is COc1ccc(S(=O)(=O)N[C@H](C)C(=O)NCc2ccccc2)cc1OC. The predicted molar refractivity (Wildman–Crippen MR) is 97.6 cm³/mol. The summed E-state index contributed by atoms with van der Waals surface area (Å²) in [6, 6.07) is 12.6. The number of nitrogens with one attached hydrogen (secondary N) is 2. The van der Waals surface area contributed by atoms with Crippen LogP contribution in [0.25, 0.3) is 0 Å². The second kappa shape index (κ2) is 8.68. The summed E-state index contributed by atoms with van der Waals surface area (Å²) in [7, 11) is -1.01. The topological polar surface area (TPSA) is 93.7 Å². The Morgan fingerprint density at radius 2 is 1.69 bits per heavy atom. The van der Waals surface area contributed by atoms with Gasteiger partial charge in [0, 0.05) is 12.6 Å². The molecule has 0 saturated carbocycles. The third kappa shape index (κ3) is 4.96. The van der Waals surface area contributed by atoms with Crippen LogP contribution in [0.15, 0.2) is 53.4 Å². The first-order chi connectivity index (χ1) is 12.4. The highest BCUT2D eigenvalue weighted by Gasteiger charge is 2.23. The molecular formula is C18H22N2O5S. The van der Waals surface area contributed by atoms with E-state index in [-0.39, 0.29) is 10.6 Å². The van der Waals surface area contributed by atoms with Gasteiger partial charge in [0.2, 0.25) is 15.9 Å². The van der Waals surface area contributed by atoms with Crippen molar-refractivity contribution in [1.29, 1.82) is 0 Å². The first kappa shape index (κ1) is 19.7. The number of hydrogen-bond donors (Lipinski definition) is 2. The number of benzene rings is 2. The van der Waals surface area contributed by atoms with Gasteiger partial charge < -0.3 is 14.8 Å². The van der Waals surface area contributed by atoms with Gasteiger partial charge in [0.05, 0.1) is 25.2 Å². The van der Waals surface area contributed by atoms with E-state index in [4.69, 9.17) is 9.47 Å². The zero-order chi connectivity index (χ0) is 19.2. The fourth-order valence-corrected chi connectivity index (χ4v) is 3.49. The number of sulfonamides is 1. The first-order valence-corrected chi connectivity index (χ1v) is 9.41. The summed E-state index contributed by atoms with van der Waals surface area (Å²) in [4.78, 5) is 12.2. The van der Waals surface area contributed by atoms with Crippen molar-refractivity contribution in [2.75, 3.05) is 14.2 Å². The van der Waals surface area contributed by atoms with E-state index in [1.807, 2.05) is 30.3 Å². The number of hydrogen-bond acceptors (Lipinski definition) is 5. The van der Waals surface area contributed by atoms with Crippen LogP contribution in [0.3, 0.4) is 0 Å². The summed E-state index contributed by atoms with van der Waals surface area (Å²) >= 11 is 0. The summed E-state index contributed by atoms with van der Waals surface area (Å²) in [6.45, 7) is 1.81. The summed E-state index contributed by atoms with van der Waals surface area (Å²) in [5.41, 5.74) is 0.927. The summed E-state index contributed by atoms with van der Waals surface area (Å²) in [5, 5.41) is 2.70. The highest BCUT2D eigenvalue weighted by molar-refractivity contribution is 7.89. The normalized spacial score (nSPS) is 12.3. The molecule has 0 aliphatic carbocycles. The maximum atomic E-state index is 12.5. The molecule has 0 unspecified atom stereocenters. The molecule has 0 aliphatic rings. The Morgan fingerprint density at radius 1 is 1.04 bits per heavy atom. The van der Waals surface area contributed by atoms with E-state index in [0.717, 1.165) is 5.56 Å². The van der Waals surface area contributed by atoms with Crippen LogP contribution in [-0.2, 0) is 21.4 Å². The van der Waals surface area contributed by atoms with Crippen molar-refractivity contribution in [2.24, 2.45) is 0 Å². The second-order valence-corrected chi connectivity index (χ2v) is 7.28. The van der Waals surface area contributed by atoms with E-state index in [9.17, 15) is 13.2 Å². The molecule has 0 fully saturated rings.